The first kappa shape index (κ1) is 21.6. The number of halogens is 1. The van der Waals surface area contributed by atoms with Crippen LogP contribution in [0.3, 0.4) is 0 Å². The molecule has 0 aromatic heterocycles. The molecule has 7 heteroatoms. The van der Waals surface area contributed by atoms with Gasteiger partial charge in [-0.25, -0.2) is 4.79 Å². The average molecular weight is 406 g/mol. The van der Waals surface area contributed by atoms with Gasteiger partial charge in [0.15, 0.2) is 18.1 Å². The van der Waals surface area contributed by atoms with Gasteiger partial charge in [-0.2, -0.15) is 0 Å². The summed E-state index contributed by atoms with van der Waals surface area (Å²) in [6.07, 6.45) is 1.57. The number of rotatable bonds is 8. The van der Waals surface area contributed by atoms with Crippen molar-refractivity contribution in [2.45, 2.75) is 26.7 Å². The standard InChI is InChI=1S/C21H24ClNO5/c1-5-13-8-7-9-14(6-2)19(13)23-18(24)12-28-21(25)15-10-16(22)20(27-4)17(11-15)26-3/h7-11H,5-6,12H2,1-4H3,(H,23,24). The van der Waals surface area contributed by atoms with Crippen LogP contribution in [0.2, 0.25) is 5.02 Å². The Hall–Kier alpha value is -2.73. The zero-order valence-corrected chi connectivity index (χ0v) is 17.2. The summed E-state index contributed by atoms with van der Waals surface area (Å²) < 4.78 is 15.4. The van der Waals surface area contributed by atoms with Crippen molar-refractivity contribution in [3.8, 4) is 11.5 Å². The van der Waals surface area contributed by atoms with E-state index in [1.807, 2.05) is 32.0 Å². The molecule has 2 aromatic rings. The lowest BCUT2D eigenvalue weighted by molar-refractivity contribution is -0.119. The Morgan fingerprint density at radius 2 is 1.68 bits per heavy atom. The summed E-state index contributed by atoms with van der Waals surface area (Å²) in [6, 6.07) is 8.75. The van der Waals surface area contributed by atoms with E-state index in [1.165, 1.54) is 26.4 Å². The second kappa shape index (κ2) is 9.99. The van der Waals surface area contributed by atoms with Crippen LogP contribution in [-0.4, -0.2) is 32.7 Å². The number of hydrogen-bond donors (Lipinski definition) is 1. The summed E-state index contributed by atoms with van der Waals surface area (Å²) >= 11 is 6.10. The van der Waals surface area contributed by atoms with Crippen LogP contribution in [0.15, 0.2) is 30.3 Å². The number of benzene rings is 2. The molecule has 6 nitrogen and oxygen atoms in total. The van der Waals surface area contributed by atoms with Crippen molar-refractivity contribution in [2.24, 2.45) is 0 Å². The molecule has 0 spiro atoms. The molecule has 2 rings (SSSR count). The van der Waals surface area contributed by atoms with Gasteiger partial charge in [-0.1, -0.05) is 43.6 Å². The molecule has 1 N–H and O–H groups in total. The molecular formula is C21H24ClNO5. The van der Waals surface area contributed by atoms with Crippen molar-refractivity contribution in [3.05, 3.63) is 52.0 Å². The fourth-order valence-corrected chi connectivity index (χ4v) is 3.12. The van der Waals surface area contributed by atoms with E-state index in [-0.39, 0.29) is 10.6 Å². The minimum absolute atomic E-state index is 0.165. The van der Waals surface area contributed by atoms with Crippen LogP contribution >= 0.6 is 11.6 Å². The number of esters is 1. The predicted molar refractivity (Wildman–Crippen MR) is 109 cm³/mol. The molecule has 2 aromatic carbocycles. The molecule has 0 aliphatic heterocycles. The number of carbonyl (C=O) groups is 2. The summed E-state index contributed by atoms with van der Waals surface area (Å²) in [5.41, 5.74) is 3.01. The first-order valence-electron chi connectivity index (χ1n) is 8.94. The molecule has 0 aliphatic carbocycles. The number of amides is 1. The van der Waals surface area contributed by atoms with Gasteiger partial charge in [0.05, 0.1) is 24.8 Å². The third-order valence-electron chi connectivity index (χ3n) is 4.27. The smallest absolute Gasteiger partial charge is 0.338 e. The lowest BCUT2D eigenvalue weighted by Gasteiger charge is -2.15. The molecule has 0 bridgehead atoms. The Labute approximate surface area is 169 Å². The number of aryl methyl sites for hydroxylation is 2. The summed E-state index contributed by atoms with van der Waals surface area (Å²) in [7, 11) is 2.89. The Morgan fingerprint density at radius 1 is 1.04 bits per heavy atom. The van der Waals surface area contributed by atoms with Crippen molar-refractivity contribution >= 4 is 29.2 Å². The van der Waals surface area contributed by atoms with Crippen LogP contribution < -0.4 is 14.8 Å². The van der Waals surface area contributed by atoms with Gasteiger partial charge in [0.1, 0.15) is 0 Å². The van der Waals surface area contributed by atoms with Gasteiger partial charge in [-0.15, -0.1) is 0 Å². The van der Waals surface area contributed by atoms with Gasteiger partial charge in [-0.3, -0.25) is 4.79 Å². The van der Waals surface area contributed by atoms with Gasteiger partial charge >= 0.3 is 5.97 Å². The Balaban J connectivity index is 2.08. The number of hydrogen-bond acceptors (Lipinski definition) is 5. The van der Waals surface area contributed by atoms with Gasteiger partial charge < -0.3 is 19.5 Å². The lowest BCUT2D eigenvalue weighted by Crippen LogP contribution is -2.22. The largest absolute Gasteiger partial charge is 0.493 e. The lowest BCUT2D eigenvalue weighted by atomic mass is 10.0. The van der Waals surface area contributed by atoms with E-state index < -0.39 is 18.5 Å². The summed E-state index contributed by atoms with van der Waals surface area (Å²) in [5, 5.41) is 3.06. The molecule has 0 aliphatic rings. The van der Waals surface area contributed by atoms with E-state index in [2.05, 4.69) is 5.32 Å². The molecule has 0 radical (unpaired) electrons. The van der Waals surface area contributed by atoms with E-state index in [0.29, 0.717) is 11.5 Å². The zero-order valence-electron chi connectivity index (χ0n) is 16.4. The highest BCUT2D eigenvalue weighted by Gasteiger charge is 2.18. The van der Waals surface area contributed by atoms with Crippen LogP contribution in [0.25, 0.3) is 0 Å². The number of anilines is 1. The molecule has 28 heavy (non-hydrogen) atoms. The topological polar surface area (TPSA) is 73.9 Å². The third kappa shape index (κ3) is 4.95. The zero-order chi connectivity index (χ0) is 20.7. The number of methoxy groups -OCH3 is 2. The summed E-state index contributed by atoms with van der Waals surface area (Å²) in [4.78, 5) is 24.6. The van der Waals surface area contributed by atoms with E-state index in [1.54, 1.807) is 0 Å². The molecule has 150 valence electrons. The van der Waals surface area contributed by atoms with Crippen molar-refractivity contribution < 1.29 is 23.8 Å². The first-order valence-corrected chi connectivity index (χ1v) is 9.32. The molecule has 0 unspecified atom stereocenters. The monoisotopic (exact) mass is 405 g/mol. The fourth-order valence-electron chi connectivity index (χ4n) is 2.83. The van der Waals surface area contributed by atoms with Crippen LogP contribution in [0.4, 0.5) is 5.69 Å². The fraction of sp³-hybridized carbons (Fsp3) is 0.333. The van der Waals surface area contributed by atoms with Gasteiger partial charge in [-0.05, 0) is 36.1 Å². The third-order valence-corrected chi connectivity index (χ3v) is 4.55. The maximum Gasteiger partial charge on any atom is 0.338 e. The average Bonchev–Trinajstić information content (AvgIpc) is 2.71. The second-order valence-corrected chi connectivity index (χ2v) is 6.38. The summed E-state index contributed by atoms with van der Waals surface area (Å²) in [5.74, 6) is -0.467. The number of nitrogens with one attached hydrogen (secondary N) is 1. The van der Waals surface area contributed by atoms with Gasteiger partial charge in [0.25, 0.3) is 5.91 Å². The van der Waals surface area contributed by atoms with Crippen LogP contribution in [0.1, 0.15) is 35.3 Å². The maximum absolute atomic E-state index is 12.3. The first-order chi connectivity index (χ1) is 13.4. The molecule has 0 saturated carbocycles. The van der Waals surface area contributed by atoms with Crippen molar-refractivity contribution in [3.63, 3.8) is 0 Å². The van der Waals surface area contributed by atoms with E-state index in [9.17, 15) is 9.59 Å². The molecule has 0 atom stereocenters. The van der Waals surface area contributed by atoms with E-state index in [0.717, 1.165) is 29.7 Å². The number of para-hydroxylation sites is 1. The second-order valence-electron chi connectivity index (χ2n) is 5.98. The van der Waals surface area contributed by atoms with Crippen LogP contribution in [-0.2, 0) is 22.4 Å². The summed E-state index contributed by atoms with van der Waals surface area (Å²) in [6.45, 7) is 3.63. The van der Waals surface area contributed by atoms with Crippen LogP contribution in [0.5, 0.6) is 11.5 Å². The molecule has 0 saturated heterocycles. The van der Waals surface area contributed by atoms with E-state index >= 15 is 0 Å². The van der Waals surface area contributed by atoms with Crippen molar-refractivity contribution in [1.29, 1.82) is 0 Å². The maximum atomic E-state index is 12.3. The highest BCUT2D eigenvalue weighted by molar-refractivity contribution is 6.32. The molecule has 0 heterocycles. The van der Waals surface area contributed by atoms with Gasteiger partial charge in [0.2, 0.25) is 0 Å². The highest BCUT2D eigenvalue weighted by atomic mass is 35.5. The minimum Gasteiger partial charge on any atom is -0.493 e. The molecule has 0 fully saturated rings. The van der Waals surface area contributed by atoms with Crippen molar-refractivity contribution in [2.75, 3.05) is 26.1 Å². The van der Waals surface area contributed by atoms with Crippen LogP contribution in [0, 0.1) is 0 Å². The Morgan fingerprint density at radius 3 is 2.21 bits per heavy atom. The number of ether oxygens (including phenoxy) is 3. The molecular weight excluding hydrogens is 382 g/mol. The van der Waals surface area contributed by atoms with E-state index in [4.69, 9.17) is 25.8 Å². The molecule has 1 amide bonds. The van der Waals surface area contributed by atoms with Gasteiger partial charge in [0, 0.05) is 5.69 Å². The highest BCUT2D eigenvalue weighted by Crippen LogP contribution is 2.36. The number of carbonyl (C=O) groups excluding carboxylic acids is 2. The quantitative estimate of drug-likeness (QED) is 0.663. The van der Waals surface area contributed by atoms with Crippen molar-refractivity contribution in [1.82, 2.24) is 0 Å². The normalized spacial score (nSPS) is 10.3. The minimum atomic E-state index is -0.683. The SMILES string of the molecule is CCc1cccc(CC)c1NC(=O)COC(=O)c1cc(Cl)c(OC)c(OC)c1. The predicted octanol–water partition coefficient (Wildman–Crippen LogP) is 4.28. The Bertz CT molecular complexity index is 844. The Kier molecular flexibility index (Phi) is 7.70.